The van der Waals surface area contributed by atoms with Crippen LogP contribution in [0.3, 0.4) is 0 Å². The Morgan fingerprint density at radius 2 is 2.07 bits per heavy atom. The highest BCUT2D eigenvalue weighted by Crippen LogP contribution is 2.35. The predicted octanol–water partition coefficient (Wildman–Crippen LogP) is 2.04. The molecular formula is C9H14F3NO. The molecule has 1 rings (SSSR count). The van der Waals surface area contributed by atoms with Crippen molar-refractivity contribution in [2.45, 2.75) is 50.7 Å². The fourth-order valence-electron chi connectivity index (χ4n) is 1.63. The number of nitrogens with one attached hydrogen (secondary N) is 1. The van der Waals surface area contributed by atoms with Gasteiger partial charge in [-0.2, -0.15) is 0 Å². The van der Waals surface area contributed by atoms with Gasteiger partial charge in [0.15, 0.2) is 0 Å². The number of carbonyl (C=O) groups excluding carboxylic acids is 1. The maximum Gasteiger partial charge on any atom is 0.254 e. The molecule has 0 saturated heterocycles. The van der Waals surface area contributed by atoms with Crippen molar-refractivity contribution in [2.24, 2.45) is 0 Å². The van der Waals surface area contributed by atoms with Crippen LogP contribution in [0.5, 0.6) is 0 Å². The lowest BCUT2D eigenvalue weighted by atomic mass is 9.79. The molecule has 0 aromatic rings. The van der Waals surface area contributed by atoms with Crippen molar-refractivity contribution in [1.29, 1.82) is 0 Å². The average Bonchev–Trinajstić information content (AvgIpc) is 1.76. The Balaban J connectivity index is 2.24. The SMILES string of the molecule is CC(F)(F)CC(=O)NC1CC(C)(F)C1. The number of carbonyl (C=O) groups is 1. The van der Waals surface area contributed by atoms with Gasteiger partial charge in [0, 0.05) is 18.9 Å². The number of amides is 1. The lowest BCUT2D eigenvalue weighted by molar-refractivity contribution is -0.129. The number of alkyl halides is 3. The molecule has 0 unspecified atom stereocenters. The molecule has 1 aliphatic carbocycles. The standard InChI is InChI=1S/C9H14F3NO/c1-8(10)3-6(4-8)13-7(14)5-9(2,11)12/h6H,3-5H2,1-2H3,(H,13,14). The Hall–Kier alpha value is -0.740. The van der Waals surface area contributed by atoms with E-state index in [0.29, 0.717) is 6.92 Å². The van der Waals surface area contributed by atoms with Gasteiger partial charge in [-0.3, -0.25) is 4.79 Å². The van der Waals surface area contributed by atoms with Crippen molar-refractivity contribution >= 4 is 5.91 Å². The van der Waals surface area contributed by atoms with E-state index in [0.717, 1.165) is 0 Å². The van der Waals surface area contributed by atoms with E-state index in [-0.39, 0.29) is 18.9 Å². The van der Waals surface area contributed by atoms with Crippen molar-refractivity contribution in [3.05, 3.63) is 0 Å². The topological polar surface area (TPSA) is 29.1 Å². The molecule has 0 heterocycles. The van der Waals surface area contributed by atoms with Crippen LogP contribution in [-0.4, -0.2) is 23.5 Å². The van der Waals surface area contributed by atoms with E-state index in [9.17, 15) is 18.0 Å². The van der Waals surface area contributed by atoms with Gasteiger partial charge in [-0.1, -0.05) is 0 Å². The van der Waals surface area contributed by atoms with Gasteiger partial charge in [-0.15, -0.1) is 0 Å². The summed E-state index contributed by atoms with van der Waals surface area (Å²) in [5.74, 6) is -3.70. The summed E-state index contributed by atoms with van der Waals surface area (Å²) in [4.78, 5) is 11.0. The summed E-state index contributed by atoms with van der Waals surface area (Å²) < 4.78 is 37.7. The second-order valence-corrected chi connectivity index (χ2v) is 4.33. The zero-order valence-electron chi connectivity index (χ0n) is 8.24. The maximum absolute atomic E-state index is 12.9. The first kappa shape index (κ1) is 11.3. The molecular weight excluding hydrogens is 195 g/mol. The van der Waals surface area contributed by atoms with E-state index in [1.165, 1.54) is 6.92 Å². The Morgan fingerprint density at radius 3 is 2.43 bits per heavy atom. The fraction of sp³-hybridized carbons (Fsp3) is 0.889. The van der Waals surface area contributed by atoms with Crippen LogP contribution in [0.25, 0.3) is 0 Å². The molecule has 0 bridgehead atoms. The van der Waals surface area contributed by atoms with Gasteiger partial charge >= 0.3 is 0 Å². The van der Waals surface area contributed by atoms with Crippen LogP contribution in [-0.2, 0) is 4.79 Å². The molecule has 14 heavy (non-hydrogen) atoms. The Morgan fingerprint density at radius 1 is 1.57 bits per heavy atom. The Labute approximate surface area is 80.9 Å². The van der Waals surface area contributed by atoms with Crippen LogP contribution >= 0.6 is 0 Å². The molecule has 0 aromatic carbocycles. The first-order chi connectivity index (χ1) is 6.18. The molecule has 1 saturated carbocycles. The van der Waals surface area contributed by atoms with E-state index < -0.39 is 23.9 Å². The Bertz CT molecular complexity index is 227. The monoisotopic (exact) mass is 209 g/mol. The van der Waals surface area contributed by atoms with Gasteiger partial charge in [0.2, 0.25) is 5.91 Å². The minimum absolute atomic E-state index is 0.216. The minimum atomic E-state index is -2.99. The quantitative estimate of drug-likeness (QED) is 0.757. The third kappa shape index (κ3) is 3.55. The van der Waals surface area contributed by atoms with Gasteiger partial charge < -0.3 is 5.32 Å². The fourth-order valence-corrected chi connectivity index (χ4v) is 1.63. The van der Waals surface area contributed by atoms with Crippen molar-refractivity contribution in [2.75, 3.05) is 0 Å². The molecule has 0 spiro atoms. The van der Waals surface area contributed by atoms with Crippen molar-refractivity contribution in [3.8, 4) is 0 Å². The van der Waals surface area contributed by atoms with E-state index in [4.69, 9.17) is 0 Å². The highest BCUT2D eigenvalue weighted by Gasteiger charge is 2.41. The predicted molar refractivity (Wildman–Crippen MR) is 45.9 cm³/mol. The lowest BCUT2D eigenvalue weighted by Gasteiger charge is -2.39. The van der Waals surface area contributed by atoms with E-state index >= 15 is 0 Å². The smallest absolute Gasteiger partial charge is 0.254 e. The van der Waals surface area contributed by atoms with Gasteiger partial charge in [-0.05, 0) is 13.8 Å². The Kier molecular flexibility index (Phi) is 2.78. The highest BCUT2D eigenvalue weighted by molar-refractivity contribution is 5.77. The summed E-state index contributed by atoms with van der Waals surface area (Å²) >= 11 is 0. The summed E-state index contributed by atoms with van der Waals surface area (Å²) in [6, 6.07) is -0.278. The summed E-state index contributed by atoms with van der Waals surface area (Å²) in [7, 11) is 0. The third-order valence-electron chi connectivity index (χ3n) is 2.18. The summed E-state index contributed by atoms with van der Waals surface area (Å²) in [6.07, 6.45) is -0.394. The van der Waals surface area contributed by atoms with Crippen LogP contribution < -0.4 is 5.32 Å². The molecule has 5 heteroatoms. The second-order valence-electron chi connectivity index (χ2n) is 4.33. The zero-order valence-corrected chi connectivity index (χ0v) is 8.24. The van der Waals surface area contributed by atoms with Gasteiger partial charge in [0.05, 0.1) is 6.42 Å². The molecule has 1 aliphatic rings. The van der Waals surface area contributed by atoms with Crippen LogP contribution in [0.4, 0.5) is 13.2 Å². The van der Waals surface area contributed by atoms with Gasteiger partial charge in [0.25, 0.3) is 5.92 Å². The zero-order chi connectivity index (χ0) is 11.0. The molecule has 82 valence electrons. The molecule has 2 nitrogen and oxygen atoms in total. The van der Waals surface area contributed by atoms with Crippen LogP contribution in [0.1, 0.15) is 33.1 Å². The molecule has 1 amide bonds. The lowest BCUT2D eigenvalue weighted by Crippen LogP contribution is -2.51. The number of hydrogen-bond donors (Lipinski definition) is 1. The molecule has 0 atom stereocenters. The molecule has 1 N–H and O–H groups in total. The first-order valence-electron chi connectivity index (χ1n) is 4.54. The van der Waals surface area contributed by atoms with Gasteiger partial charge in [-0.25, -0.2) is 13.2 Å². The number of hydrogen-bond acceptors (Lipinski definition) is 1. The number of rotatable bonds is 3. The highest BCUT2D eigenvalue weighted by atomic mass is 19.3. The summed E-state index contributed by atoms with van der Waals surface area (Å²) in [5, 5.41) is 2.37. The molecule has 0 aliphatic heterocycles. The third-order valence-corrected chi connectivity index (χ3v) is 2.18. The van der Waals surface area contributed by atoms with Crippen molar-refractivity contribution < 1.29 is 18.0 Å². The minimum Gasteiger partial charge on any atom is -0.353 e. The normalized spacial score (nSPS) is 32.2. The summed E-state index contributed by atoms with van der Waals surface area (Å²) in [5.41, 5.74) is -1.24. The van der Waals surface area contributed by atoms with Crippen LogP contribution in [0, 0.1) is 0 Å². The molecule has 0 aromatic heterocycles. The molecule has 0 radical (unpaired) electrons. The van der Waals surface area contributed by atoms with Crippen molar-refractivity contribution in [1.82, 2.24) is 5.32 Å². The van der Waals surface area contributed by atoms with E-state index in [2.05, 4.69) is 5.32 Å². The first-order valence-corrected chi connectivity index (χ1v) is 4.54. The van der Waals surface area contributed by atoms with Crippen LogP contribution in [0.15, 0.2) is 0 Å². The van der Waals surface area contributed by atoms with Crippen molar-refractivity contribution in [3.63, 3.8) is 0 Å². The largest absolute Gasteiger partial charge is 0.353 e. The molecule has 1 fully saturated rings. The maximum atomic E-state index is 12.9. The average molecular weight is 209 g/mol. The van der Waals surface area contributed by atoms with Crippen LogP contribution in [0.2, 0.25) is 0 Å². The van der Waals surface area contributed by atoms with E-state index in [1.807, 2.05) is 0 Å². The number of halogens is 3. The summed E-state index contributed by atoms with van der Waals surface area (Å²) in [6.45, 7) is 2.12. The van der Waals surface area contributed by atoms with E-state index in [1.54, 1.807) is 0 Å². The second kappa shape index (κ2) is 3.44. The van der Waals surface area contributed by atoms with Gasteiger partial charge in [0.1, 0.15) is 5.67 Å².